The van der Waals surface area contributed by atoms with Gasteiger partial charge in [-0.3, -0.25) is 4.40 Å². The van der Waals surface area contributed by atoms with Gasteiger partial charge in [0, 0.05) is 6.20 Å². The van der Waals surface area contributed by atoms with Crippen molar-refractivity contribution >= 4 is 11.6 Å². The molecule has 0 saturated carbocycles. The molecule has 0 radical (unpaired) electrons. The summed E-state index contributed by atoms with van der Waals surface area (Å²) >= 11 is 0. The third kappa shape index (κ3) is 2.13. The number of aromatic nitrogens is 3. The van der Waals surface area contributed by atoms with Crippen LogP contribution in [0.1, 0.15) is 23.1 Å². The topological polar surface area (TPSA) is 56.5 Å². The summed E-state index contributed by atoms with van der Waals surface area (Å²) in [6, 6.07) is 0.809. The highest BCUT2D eigenvalue weighted by Crippen LogP contribution is 2.27. The number of alkyl halides is 3. The Balaban J connectivity index is 2.53. The van der Waals surface area contributed by atoms with E-state index in [1.54, 1.807) is 6.92 Å². The Bertz CT molecular complexity index is 592. The Kier molecular flexibility index (Phi) is 2.93. The number of carbonyl (C=O) groups is 1. The third-order valence-corrected chi connectivity index (χ3v) is 2.15. The van der Waals surface area contributed by atoms with Gasteiger partial charge in [0.15, 0.2) is 11.3 Å². The molecule has 0 bridgehead atoms. The molecular weight excluding hydrogens is 251 g/mol. The molecule has 18 heavy (non-hydrogen) atoms. The summed E-state index contributed by atoms with van der Waals surface area (Å²) in [6.45, 7) is 1.70. The minimum atomic E-state index is -4.57. The quantitative estimate of drug-likeness (QED) is 0.773. The second kappa shape index (κ2) is 4.28. The van der Waals surface area contributed by atoms with Crippen LogP contribution in [0, 0.1) is 0 Å². The Morgan fingerprint density at radius 2 is 2.22 bits per heavy atom. The lowest BCUT2D eigenvalue weighted by atomic mass is 10.3. The summed E-state index contributed by atoms with van der Waals surface area (Å²) in [5, 5.41) is 0. The van der Waals surface area contributed by atoms with Crippen molar-refractivity contribution < 1.29 is 22.7 Å². The first-order valence-corrected chi connectivity index (χ1v) is 5.01. The Labute approximate surface area is 99.2 Å². The van der Waals surface area contributed by atoms with Gasteiger partial charge in [-0.2, -0.15) is 13.2 Å². The summed E-state index contributed by atoms with van der Waals surface area (Å²) in [4.78, 5) is 18.5. The van der Waals surface area contributed by atoms with Crippen LogP contribution in [0.3, 0.4) is 0 Å². The van der Waals surface area contributed by atoms with Crippen LogP contribution in [0.4, 0.5) is 13.2 Å². The molecule has 0 amide bonds. The first-order valence-electron chi connectivity index (χ1n) is 5.01. The number of imidazole rings is 1. The molecule has 0 fully saturated rings. The van der Waals surface area contributed by atoms with E-state index in [1.165, 1.54) is 10.7 Å². The van der Waals surface area contributed by atoms with Crippen molar-refractivity contribution in [2.24, 2.45) is 0 Å². The summed E-state index contributed by atoms with van der Waals surface area (Å²) in [6.07, 6.45) is -2.23. The molecule has 0 aliphatic carbocycles. The summed E-state index contributed by atoms with van der Waals surface area (Å²) in [5.41, 5.74) is -1.49. The molecule has 0 aliphatic rings. The van der Waals surface area contributed by atoms with Gasteiger partial charge in [0.05, 0.1) is 6.61 Å². The molecule has 0 aliphatic heterocycles. The fourth-order valence-corrected chi connectivity index (χ4v) is 1.38. The minimum Gasteiger partial charge on any atom is -0.461 e. The smallest absolute Gasteiger partial charge is 0.433 e. The molecule has 5 nitrogen and oxygen atoms in total. The first-order chi connectivity index (χ1) is 8.43. The number of ether oxygens (including phenoxy) is 1. The monoisotopic (exact) mass is 259 g/mol. The van der Waals surface area contributed by atoms with Gasteiger partial charge >= 0.3 is 12.1 Å². The highest BCUT2D eigenvalue weighted by molar-refractivity contribution is 5.93. The van der Waals surface area contributed by atoms with Crippen LogP contribution in [0.15, 0.2) is 18.6 Å². The van der Waals surface area contributed by atoms with Crippen LogP contribution in [-0.2, 0) is 10.9 Å². The molecule has 8 heteroatoms. The number of halogens is 3. The number of hydrogen-bond acceptors (Lipinski definition) is 4. The molecule has 96 valence electrons. The second-order valence-electron chi connectivity index (χ2n) is 3.36. The highest BCUT2D eigenvalue weighted by Gasteiger charge is 2.33. The maximum Gasteiger partial charge on any atom is 0.433 e. The predicted octanol–water partition coefficient (Wildman–Crippen LogP) is 1.92. The molecule has 0 N–H and O–H groups in total. The first kappa shape index (κ1) is 12.3. The van der Waals surface area contributed by atoms with Crippen LogP contribution in [0.25, 0.3) is 5.65 Å². The summed E-state index contributed by atoms with van der Waals surface area (Å²) in [7, 11) is 0. The van der Waals surface area contributed by atoms with Gasteiger partial charge in [-0.1, -0.05) is 0 Å². The van der Waals surface area contributed by atoms with Gasteiger partial charge in [0.1, 0.15) is 12.0 Å². The van der Waals surface area contributed by atoms with Crippen LogP contribution >= 0.6 is 0 Å². The summed E-state index contributed by atoms with van der Waals surface area (Å²) < 4.78 is 43.4. The number of hydrogen-bond donors (Lipinski definition) is 0. The van der Waals surface area contributed by atoms with Crippen molar-refractivity contribution in [2.45, 2.75) is 13.1 Å². The van der Waals surface area contributed by atoms with Crippen molar-refractivity contribution in [1.82, 2.24) is 14.4 Å². The fourth-order valence-electron chi connectivity index (χ4n) is 1.38. The zero-order chi connectivity index (χ0) is 13.3. The molecule has 0 aromatic carbocycles. The summed E-state index contributed by atoms with van der Waals surface area (Å²) in [5.74, 6) is -0.799. The third-order valence-electron chi connectivity index (χ3n) is 2.15. The molecule has 2 rings (SSSR count). The SMILES string of the molecule is CCOC(=O)c1ncn2ccc(C(F)(F)F)nc12. The standard InChI is InChI=1S/C10H8F3N3O2/c1-2-18-9(17)7-8-15-6(10(11,12)13)3-4-16(8)5-14-7/h3-5H,2H2,1H3. The van der Waals surface area contributed by atoms with E-state index in [0.29, 0.717) is 0 Å². The maximum absolute atomic E-state index is 12.5. The normalized spacial score (nSPS) is 11.8. The number of esters is 1. The molecule has 0 saturated heterocycles. The highest BCUT2D eigenvalue weighted by atomic mass is 19.4. The van der Waals surface area contributed by atoms with Crippen molar-refractivity contribution in [3.63, 3.8) is 0 Å². The van der Waals surface area contributed by atoms with Gasteiger partial charge in [0.25, 0.3) is 0 Å². The molecule has 2 heterocycles. The average Bonchev–Trinajstić information content (AvgIpc) is 2.70. The fraction of sp³-hybridized carbons (Fsp3) is 0.300. The molecule has 2 aromatic rings. The van der Waals surface area contributed by atoms with E-state index in [0.717, 1.165) is 12.3 Å². The molecule has 0 atom stereocenters. The van der Waals surface area contributed by atoms with Crippen LogP contribution in [-0.4, -0.2) is 26.9 Å². The number of carbonyl (C=O) groups excluding carboxylic acids is 1. The maximum atomic E-state index is 12.5. The van der Waals surface area contributed by atoms with E-state index < -0.39 is 17.8 Å². The van der Waals surface area contributed by atoms with E-state index >= 15 is 0 Å². The minimum absolute atomic E-state index is 0.108. The lowest BCUT2D eigenvalue weighted by Gasteiger charge is -2.05. The molecule has 2 aromatic heterocycles. The van der Waals surface area contributed by atoms with E-state index in [2.05, 4.69) is 14.7 Å². The van der Waals surface area contributed by atoms with Crippen LogP contribution in [0.5, 0.6) is 0 Å². The van der Waals surface area contributed by atoms with Gasteiger partial charge in [-0.15, -0.1) is 0 Å². The molecular formula is C10H8F3N3O2. The predicted molar refractivity (Wildman–Crippen MR) is 53.9 cm³/mol. The largest absolute Gasteiger partial charge is 0.461 e. The Hall–Kier alpha value is -2.12. The van der Waals surface area contributed by atoms with Crippen molar-refractivity contribution in [3.05, 3.63) is 30.0 Å². The average molecular weight is 259 g/mol. The van der Waals surface area contributed by atoms with Crippen LogP contribution in [0.2, 0.25) is 0 Å². The van der Waals surface area contributed by atoms with Gasteiger partial charge in [-0.05, 0) is 13.0 Å². The van der Waals surface area contributed by atoms with Gasteiger partial charge in [0.2, 0.25) is 0 Å². The molecule has 0 unspecified atom stereocenters. The zero-order valence-electron chi connectivity index (χ0n) is 9.23. The molecule has 0 spiro atoms. The number of nitrogens with zero attached hydrogens (tertiary/aromatic N) is 3. The van der Waals surface area contributed by atoms with E-state index in [9.17, 15) is 18.0 Å². The second-order valence-corrected chi connectivity index (χ2v) is 3.36. The zero-order valence-corrected chi connectivity index (χ0v) is 9.23. The van der Waals surface area contributed by atoms with Crippen LogP contribution < -0.4 is 0 Å². The van der Waals surface area contributed by atoms with Crippen molar-refractivity contribution in [1.29, 1.82) is 0 Å². The lowest BCUT2D eigenvalue weighted by Crippen LogP contribution is -2.11. The Morgan fingerprint density at radius 1 is 1.50 bits per heavy atom. The van der Waals surface area contributed by atoms with E-state index in [-0.39, 0.29) is 17.9 Å². The van der Waals surface area contributed by atoms with E-state index in [1.807, 2.05) is 0 Å². The van der Waals surface area contributed by atoms with Crippen molar-refractivity contribution in [3.8, 4) is 0 Å². The van der Waals surface area contributed by atoms with E-state index in [4.69, 9.17) is 0 Å². The number of rotatable bonds is 2. The number of fused-ring (bicyclic) bond motifs is 1. The van der Waals surface area contributed by atoms with Gasteiger partial charge < -0.3 is 4.74 Å². The Morgan fingerprint density at radius 3 is 2.83 bits per heavy atom. The van der Waals surface area contributed by atoms with Crippen molar-refractivity contribution in [2.75, 3.05) is 6.61 Å². The van der Waals surface area contributed by atoms with Gasteiger partial charge in [-0.25, -0.2) is 14.8 Å². The lowest BCUT2D eigenvalue weighted by molar-refractivity contribution is -0.141.